The zero-order valence-corrected chi connectivity index (χ0v) is 13.2. The van der Waals surface area contributed by atoms with E-state index >= 15 is 0 Å². The van der Waals surface area contributed by atoms with E-state index in [1.165, 1.54) is 12.1 Å². The Labute approximate surface area is 132 Å². The molecule has 0 spiro atoms. The van der Waals surface area contributed by atoms with Gasteiger partial charge in [0.25, 0.3) is 0 Å². The van der Waals surface area contributed by atoms with Gasteiger partial charge in [0.05, 0.1) is 5.60 Å². The molecule has 0 bridgehead atoms. The summed E-state index contributed by atoms with van der Waals surface area (Å²) in [5.74, 6) is -1.27. The van der Waals surface area contributed by atoms with Gasteiger partial charge in [-0.25, -0.2) is 0 Å². The Kier molecular flexibility index (Phi) is 4.36. The molecule has 1 fully saturated rings. The van der Waals surface area contributed by atoms with Crippen molar-refractivity contribution in [1.29, 1.82) is 0 Å². The molecule has 7 heteroatoms. The Morgan fingerprint density at radius 1 is 1.26 bits per heavy atom. The van der Waals surface area contributed by atoms with Crippen LogP contribution >= 0.6 is 0 Å². The Bertz CT molecular complexity index is 610. The molecular weight excluding hydrogens is 313 g/mol. The summed E-state index contributed by atoms with van der Waals surface area (Å²) in [7, 11) is 0. The number of alkyl halides is 3. The van der Waals surface area contributed by atoms with Crippen LogP contribution in [0.15, 0.2) is 18.2 Å². The fraction of sp³-hybridized carbons (Fsp3) is 0.562. The summed E-state index contributed by atoms with van der Waals surface area (Å²) in [6.07, 6.45) is -3.20. The first-order valence-electron chi connectivity index (χ1n) is 7.26. The summed E-state index contributed by atoms with van der Waals surface area (Å²) in [6, 6.07) is 3.66. The molecule has 0 saturated heterocycles. The highest BCUT2D eigenvalue weighted by Crippen LogP contribution is 2.54. The molecule has 1 saturated carbocycles. The van der Waals surface area contributed by atoms with Gasteiger partial charge in [0, 0.05) is 18.6 Å². The fourth-order valence-electron chi connectivity index (χ4n) is 3.11. The minimum absolute atomic E-state index is 0.0493. The zero-order chi connectivity index (χ0) is 17.5. The van der Waals surface area contributed by atoms with Gasteiger partial charge in [0.2, 0.25) is 0 Å². The standard InChI is InChI=1S/C16H19F3O4/c1-10(20)22-11-5-6-12(13(9-11)23-16(17,18)19)15(21)8-4-7-14(15,2)3/h5-6,9,21H,4,7-8H2,1-3H3. The minimum atomic E-state index is -4.91. The number of hydrogen-bond donors (Lipinski definition) is 1. The maximum atomic E-state index is 12.7. The first-order valence-corrected chi connectivity index (χ1v) is 7.26. The lowest BCUT2D eigenvalue weighted by Gasteiger charge is -2.38. The van der Waals surface area contributed by atoms with Crippen molar-refractivity contribution in [2.24, 2.45) is 5.41 Å². The third-order valence-electron chi connectivity index (χ3n) is 4.35. The summed E-state index contributed by atoms with van der Waals surface area (Å²) in [5.41, 5.74) is -1.99. The van der Waals surface area contributed by atoms with E-state index in [9.17, 15) is 23.1 Å². The van der Waals surface area contributed by atoms with Gasteiger partial charge in [-0.3, -0.25) is 4.79 Å². The van der Waals surface area contributed by atoms with E-state index in [0.29, 0.717) is 19.3 Å². The predicted octanol–water partition coefficient (Wildman–Crippen LogP) is 3.91. The van der Waals surface area contributed by atoms with Crippen LogP contribution in [-0.2, 0) is 10.4 Å². The van der Waals surface area contributed by atoms with Crippen LogP contribution in [0.2, 0.25) is 0 Å². The third-order valence-corrected chi connectivity index (χ3v) is 4.35. The minimum Gasteiger partial charge on any atom is -0.427 e. The van der Waals surface area contributed by atoms with Crippen molar-refractivity contribution >= 4 is 5.97 Å². The second-order valence-electron chi connectivity index (χ2n) is 6.40. The van der Waals surface area contributed by atoms with Crippen molar-refractivity contribution in [1.82, 2.24) is 0 Å². The number of ether oxygens (including phenoxy) is 2. The van der Waals surface area contributed by atoms with Crippen LogP contribution in [0.3, 0.4) is 0 Å². The molecule has 0 amide bonds. The van der Waals surface area contributed by atoms with Crippen LogP contribution in [0, 0.1) is 5.41 Å². The fourth-order valence-corrected chi connectivity index (χ4v) is 3.11. The Hall–Kier alpha value is -1.76. The number of carbonyl (C=O) groups excluding carboxylic acids is 1. The lowest BCUT2D eigenvalue weighted by atomic mass is 9.73. The molecule has 1 atom stereocenters. The average Bonchev–Trinajstić information content (AvgIpc) is 2.61. The summed E-state index contributed by atoms with van der Waals surface area (Å²) < 4.78 is 47.0. The molecule has 0 heterocycles. The number of esters is 1. The summed E-state index contributed by atoms with van der Waals surface area (Å²) in [5, 5.41) is 11.0. The van der Waals surface area contributed by atoms with Crippen LogP contribution in [0.25, 0.3) is 0 Å². The van der Waals surface area contributed by atoms with Crippen LogP contribution in [0.4, 0.5) is 13.2 Å². The van der Waals surface area contributed by atoms with E-state index < -0.39 is 29.1 Å². The van der Waals surface area contributed by atoms with E-state index in [1.807, 2.05) is 0 Å². The van der Waals surface area contributed by atoms with Gasteiger partial charge < -0.3 is 14.6 Å². The predicted molar refractivity (Wildman–Crippen MR) is 76.0 cm³/mol. The number of halogens is 3. The molecular formula is C16H19F3O4. The lowest BCUT2D eigenvalue weighted by molar-refractivity contribution is -0.275. The van der Waals surface area contributed by atoms with E-state index in [1.54, 1.807) is 13.8 Å². The first kappa shape index (κ1) is 17.6. The SMILES string of the molecule is CC(=O)Oc1ccc(C2(O)CCCC2(C)C)c(OC(F)(F)F)c1. The summed E-state index contributed by atoms with van der Waals surface area (Å²) >= 11 is 0. The maximum Gasteiger partial charge on any atom is 0.573 e. The lowest BCUT2D eigenvalue weighted by Crippen LogP contribution is -2.37. The van der Waals surface area contributed by atoms with E-state index in [0.717, 1.165) is 13.0 Å². The molecule has 4 nitrogen and oxygen atoms in total. The largest absolute Gasteiger partial charge is 0.573 e. The van der Waals surface area contributed by atoms with E-state index in [2.05, 4.69) is 4.74 Å². The van der Waals surface area contributed by atoms with Crippen molar-refractivity contribution in [3.8, 4) is 11.5 Å². The summed E-state index contributed by atoms with van der Waals surface area (Å²) in [4.78, 5) is 11.0. The highest BCUT2D eigenvalue weighted by atomic mass is 19.4. The number of benzene rings is 1. The monoisotopic (exact) mass is 332 g/mol. The number of carbonyl (C=O) groups is 1. The van der Waals surface area contributed by atoms with Gasteiger partial charge in [-0.15, -0.1) is 13.2 Å². The van der Waals surface area contributed by atoms with Crippen molar-refractivity contribution in [2.75, 3.05) is 0 Å². The highest BCUT2D eigenvalue weighted by molar-refractivity contribution is 5.69. The Morgan fingerprint density at radius 2 is 1.91 bits per heavy atom. The molecule has 1 aliphatic carbocycles. The van der Waals surface area contributed by atoms with Crippen LogP contribution in [0.5, 0.6) is 11.5 Å². The van der Waals surface area contributed by atoms with Crippen LogP contribution in [0.1, 0.15) is 45.6 Å². The second-order valence-corrected chi connectivity index (χ2v) is 6.40. The van der Waals surface area contributed by atoms with Gasteiger partial charge in [-0.1, -0.05) is 13.8 Å². The molecule has 0 aromatic heterocycles. The Balaban J connectivity index is 2.52. The molecule has 0 aliphatic heterocycles. The molecule has 1 N–H and O–H groups in total. The first-order chi connectivity index (χ1) is 10.4. The Morgan fingerprint density at radius 3 is 2.39 bits per heavy atom. The molecule has 1 aliphatic rings. The van der Waals surface area contributed by atoms with E-state index in [4.69, 9.17) is 4.74 Å². The molecule has 1 unspecified atom stereocenters. The van der Waals surface area contributed by atoms with Crippen LogP contribution in [-0.4, -0.2) is 17.4 Å². The van der Waals surface area contributed by atoms with Crippen molar-refractivity contribution < 1.29 is 32.5 Å². The smallest absolute Gasteiger partial charge is 0.427 e. The normalized spacial score (nSPS) is 23.6. The van der Waals surface area contributed by atoms with Gasteiger partial charge in [-0.05, 0) is 36.8 Å². The number of hydrogen-bond acceptors (Lipinski definition) is 4. The average molecular weight is 332 g/mol. The topological polar surface area (TPSA) is 55.8 Å². The molecule has 0 radical (unpaired) electrons. The second kappa shape index (κ2) is 5.70. The van der Waals surface area contributed by atoms with Crippen molar-refractivity contribution in [3.63, 3.8) is 0 Å². The zero-order valence-electron chi connectivity index (χ0n) is 13.2. The molecule has 1 aromatic rings. The van der Waals surface area contributed by atoms with Crippen LogP contribution < -0.4 is 9.47 Å². The van der Waals surface area contributed by atoms with Gasteiger partial charge >= 0.3 is 12.3 Å². The maximum absolute atomic E-state index is 12.7. The van der Waals surface area contributed by atoms with Crippen molar-refractivity contribution in [3.05, 3.63) is 23.8 Å². The molecule has 2 rings (SSSR count). The number of aliphatic hydroxyl groups is 1. The molecule has 128 valence electrons. The van der Waals surface area contributed by atoms with Gasteiger partial charge in [0.15, 0.2) is 0 Å². The third kappa shape index (κ3) is 3.60. The summed E-state index contributed by atoms with van der Waals surface area (Å²) in [6.45, 7) is 4.75. The van der Waals surface area contributed by atoms with Crippen molar-refractivity contribution in [2.45, 2.75) is 52.0 Å². The van der Waals surface area contributed by atoms with Gasteiger partial charge in [0.1, 0.15) is 11.5 Å². The van der Waals surface area contributed by atoms with Gasteiger partial charge in [-0.2, -0.15) is 0 Å². The molecule has 1 aromatic carbocycles. The number of rotatable bonds is 3. The highest BCUT2D eigenvalue weighted by Gasteiger charge is 2.50. The van der Waals surface area contributed by atoms with E-state index in [-0.39, 0.29) is 11.3 Å². The molecule has 23 heavy (non-hydrogen) atoms. The quantitative estimate of drug-likeness (QED) is 0.673.